The van der Waals surface area contributed by atoms with Crippen molar-refractivity contribution in [2.45, 2.75) is 13.8 Å². The normalized spacial score (nSPS) is 10.7. The number of rotatable bonds is 2. The predicted molar refractivity (Wildman–Crippen MR) is 81.3 cm³/mol. The zero-order valence-corrected chi connectivity index (χ0v) is 12.0. The van der Waals surface area contributed by atoms with Gasteiger partial charge in [0.2, 0.25) is 0 Å². The van der Waals surface area contributed by atoms with Gasteiger partial charge in [0.15, 0.2) is 0 Å². The Morgan fingerprint density at radius 1 is 1.15 bits per heavy atom. The molecule has 0 saturated heterocycles. The van der Waals surface area contributed by atoms with Crippen LogP contribution in [0.1, 0.15) is 21.5 Å². The summed E-state index contributed by atoms with van der Waals surface area (Å²) in [4.78, 5) is 12.3. The van der Waals surface area contributed by atoms with Gasteiger partial charge in [0.1, 0.15) is 11.0 Å². The van der Waals surface area contributed by atoms with Crippen molar-refractivity contribution in [2.75, 3.05) is 5.32 Å². The molecule has 0 aliphatic carbocycles. The van der Waals surface area contributed by atoms with Crippen molar-refractivity contribution in [3.63, 3.8) is 0 Å². The zero-order chi connectivity index (χ0) is 14.1. The lowest BCUT2D eigenvalue weighted by molar-refractivity contribution is 0.102. The van der Waals surface area contributed by atoms with E-state index in [1.54, 1.807) is 6.07 Å². The van der Waals surface area contributed by atoms with E-state index in [0.717, 1.165) is 39.6 Å². The highest BCUT2D eigenvalue weighted by molar-refractivity contribution is 7.00. The maximum atomic E-state index is 12.3. The minimum Gasteiger partial charge on any atom is -0.320 e. The average Bonchev–Trinajstić information content (AvgIpc) is 2.90. The molecular formula is C15H13N3OS. The van der Waals surface area contributed by atoms with Crippen LogP contribution in [0.3, 0.4) is 0 Å². The van der Waals surface area contributed by atoms with Crippen LogP contribution >= 0.6 is 11.7 Å². The number of hydrogen-bond donors (Lipinski definition) is 1. The molecule has 0 radical (unpaired) electrons. The van der Waals surface area contributed by atoms with Crippen molar-refractivity contribution in [3.05, 3.63) is 53.1 Å². The molecule has 20 heavy (non-hydrogen) atoms. The van der Waals surface area contributed by atoms with Crippen LogP contribution in [0.15, 0.2) is 36.4 Å². The Balaban J connectivity index is 1.99. The van der Waals surface area contributed by atoms with E-state index in [9.17, 15) is 4.79 Å². The Labute approximate surface area is 120 Å². The minimum absolute atomic E-state index is 0.127. The molecule has 0 unspecified atom stereocenters. The molecule has 0 saturated carbocycles. The molecule has 1 heterocycles. The summed E-state index contributed by atoms with van der Waals surface area (Å²) in [7, 11) is 0. The van der Waals surface area contributed by atoms with Gasteiger partial charge in [0, 0.05) is 5.56 Å². The molecule has 3 rings (SSSR count). The number of aromatic nitrogens is 2. The molecule has 5 heteroatoms. The van der Waals surface area contributed by atoms with Crippen LogP contribution < -0.4 is 5.32 Å². The zero-order valence-electron chi connectivity index (χ0n) is 11.2. The highest BCUT2D eigenvalue weighted by Crippen LogP contribution is 2.26. The third-order valence-electron chi connectivity index (χ3n) is 3.16. The molecule has 0 aliphatic rings. The van der Waals surface area contributed by atoms with Crippen LogP contribution in [0.4, 0.5) is 5.69 Å². The number of hydrogen-bond acceptors (Lipinski definition) is 4. The topological polar surface area (TPSA) is 54.9 Å². The highest BCUT2D eigenvalue weighted by Gasteiger charge is 2.13. The maximum absolute atomic E-state index is 12.3. The molecule has 1 aromatic heterocycles. The van der Waals surface area contributed by atoms with Gasteiger partial charge in [-0.25, -0.2) is 0 Å². The van der Waals surface area contributed by atoms with Gasteiger partial charge in [-0.15, -0.1) is 0 Å². The largest absolute Gasteiger partial charge is 0.320 e. The molecule has 0 aliphatic heterocycles. The van der Waals surface area contributed by atoms with Crippen molar-refractivity contribution in [3.8, 4) is 0 Å². The Hall–Kier alpha value is -2.27. The molecule has 1 amide bonds. The van der Waals surface area contributed by atoms with E-state index >= 15 is 0 Å². The summed E-state index contributed by atoms with van der Waals surface area (Å²) in [5.41, 5.74) is 4.97. The van der Waals surface area contributed by atoms with Crippen LogP contribution in [0.25, 0.3) is 11.0 Å². The molecule has 0 spiro atoms. The Bertz CT molecular complexity index is 795. The van der Waals surface area contributed by atoms with Gasteiger partial charge >= 0.3 is 0 Å². The summed E-state index contributed by atoms with van der Waals surface area (Å²) >= 11 is 1.15. The minimum atomic E-state index is -0.127. The lowest BCUT2D eigenvalue weighted by atomic mass is 10.1. The van der Waals surface area contributed by atoms with Crippen molar-refractivity contribution in [1.82, 2.24) is 8.75 Å². The van der Waals surface area contributed by atoms with Crippen LogP contribution in [-0.4, -0.2) is 14.7 Å². The van der Waals surface area contributed by atoms with Gasteiger partial charge in [-0.3, -0.25) is 4.79 Å². The van der Waals surface area contributed by atoms with Crippen molar-refractivity contribution in [1.29, 1.82) is 0 Å². The molecule has 0 bridgehead atoms. The van der Waals surface area contributed by atoms with Crippen LogP contribution in [0.5, 0.6) is 0 Å². The first-order chi connectivity index (χ1) is 9.65. The molecule has 0 atom stereocenters. The smallest absolute Gasteiger partial charge is 0.255 e. The second-order valence-corrected chi connectivity index (χ2v) is 5.24. The second-order valence-electron chi connectivity index (χ2n) is 4.71. The van der Waals surface area contributed by atoms with E-state index in [-0.39, 0.29) is 5.91 Å². The van der Waals surface area contributed by atoms with Crippen LogP contribution in [-0.2, 0) is 0 Å². The van der Waals surface area contributed by atoms with Crippen molar-refractivity contribution < 1.29 is 4.79 Å². The van der Waals surface area contributed by atoms with E-state index in [2.05, 4.69) is 14.1 Å². The molecule has 3 aromatic rings. The molecule has 4 nitrogen and oxygen atoms in total. The number of carbonyl (C=O) groups excluding carboxylic acids is 1. The van der Waals surface area contributed by atoms with E-state index in [1.165, 1.54) is 0 Å². The number of aryl methyl sites for hydroxylation is 2. The van der Waals surface area contributed by atoms with Crippen LogP contribution in [0, 0.1) is 13.8 Å². The molecule has 0 fully saturated rings. The van der Waals surface area contributed by atoms with Crippen molar-refractivity contribution >= 4 is 34.4 Å². The molecule has 100 valence electrons. The summed E-state index contributed by atoms with van der Waals surface area (Å²) in [6.07, 6.45) is 0. The number of anilines is 1. The first-order valence-electron chi connectivity index (χ1n) is 6.25. The van der Waals surface area contributed by atoms with Gasteiger partial charge in [-0.2, -0.15) is 8.75 Å². The number of nitrogens with zero attached hydrogens (tertiary/aromatic N) is 2. The Morgan fingerprint density at radius 2 is 2.00 bits per heavy atom. The Morgan fingerprint density at radius 3 is 2.80 bits per heavy atom. The van der Waals surface area contributed by atoms with Gasteiger partial charge < -0.3 is 5.32 Å². The fourth-order valence-corrected chi connectivity index (χ4v) is 2.62. The van der Waals surface area contributed by atoms with E-state index in [0.29, 0.717) is 5.56 Å². The second kappa shape index (κ2) is 5.02. The molecular weight excluding hydrogens is 270 g/mol. The molecule has 1 N–H and O–H groups in total. The van der Waals surface area contributed by atoms with Crippen LogP contribution in [0.2, 0.25) is 0 Å². The first kappa shape index (κ1) is 12.7. The quantitative estimate of drug-likeness (QED) is 0.782. The fourth-order valence-electron chi connectivity index (χ4n) is 2.08. The predicted octanol–water partition coefficient (Wildman–Crippen LogP) is 3.56. The number of nitrogens with one attached hydrogen (secondary N) is 1. The average molecular weight is 283 g/mol. The number of amides is 1. The highest BCUT2D eigenvalue weighted by atomic mass is 32.1. The lowest BCUT2D eigenvalue weighted by Crippen LogP contribution is -2.13. The van der Waals surface area contributed by atoms with E-state index in [4.69, 9.17) is 0 Å². The number of carbonyl (C=O) groups is 1. The van der Waals surface area contributed by atoms with E-state index in [1.807, 2.05) is 44.2 Å². The first-order valence-corrected chi connectivity index (χ1v) is 6.98. The lowest BCUT2D eigenvalue weighted by Gasteiger charge is -2.09. The summed E-state index contributed by atoms with van der Waals surface area (Å²) in [5, 5.41) is 2.95. The van der Waals surface area contributed by atoms with E-state index < -0.39 is 0 Å². The fraction of sp³-hybridized carbons (Fsp3) is 0.133. The third-order valence-corrected chi connectivity index (χ3v) is 3.70. The summed E-state index contributed by atoms with van der Waals surface area (Å²) in [6, 6.07) is 11.4. The SMILES string of the molecule is Cc1cccc(C(=O)Nc2c(C)ccc3nsnc23)c1. The van der Waals surface area contributed by atoms with Gasteiger partial charge in [0.05, 0.1) is 17.4 Å². The summed E-state index contributed by atoms with van der Waals surface area (Å²) < 4.78 is 8.45. The van der Waals surface area contributed by atoms with Gasteiger partial charge in [0.25, 0.3) is 5.91 Å². The van der Waals surface area contributed by atoms with Gasteiger partial charge in [-0.05, 0) is 37.6 Å². The summed E-state index contributed by atoms with van der Waals surface area (Å²) in [6.45, 7) is 3.91. The van der Waals surface area contributed by atoms with Crippen molar-refractivity contribution in [2.24, 2.45) is 0 Å². The number of benzene rings is 2. The third kappa shape index (κ3) is 2.28. The molecule has 2 aromatic carbocycles. The monoisotopic (exact) mass is 283 g/mol. The standard InChI is InChI=1S/C15H13N3OS/c1-9-4-3-5-11(8-9)15(19)16-13-10(2)6-7-12-14(13)18-20-17-12/h3-8H,1-2H3,(H,16,19). The maximum Gasteiger partial charge on any atom is 0.255 e. The van der Waals surface area contributed by atoms with Gasteiger partial charge in [-0.1, -0.05) is 23.8 Å². The Kier molecular flexibility index (Phi) is 3.20. The number of fused-ring (bicyclic) bond motifs is 1. The summed E-state index contributed by atoms with van der Waals surface area (Å²) in [5.74, 6) is -0.127.